The van der Waals surface area contributed by atoms with Crippen molar-refractivity contribution in [1.82, 2.24) is 5.32 Å². The van der Waals surface area contributed by atoms with Gasteiger partial charge in [0.2, 0.25) is 0 Å². The van der Waals surface area contributed by atoms with E-state index >= 15 is 0 Å². The summed E-state index contributed by atoms with van der Waals surface area (Å²) in [6, 6.07) is 10.4. The van der Waals surface area contributed by atoms with E-state index in [4.69, 9.17) is 0 Å². The fourth-order valence-corrected chi connectivity index (χ4v) is 2.75. The van der Waals surface area contributed by atoms with Crippen LogP contribution in [0.1, 0.15) is 57.2 Å². The molecule has 0 radical (unpaired) electrons. The van der Waals surface area contributed by atoms with Gasteiger partial charge in [0.15, 0.2) is 0 Å². The SMILES string of the molecule is CCCc1ccc(C(C)NC2CC(C)C2)cc1. The first kappa shape index (κ1) is 12.6. The van der Waals surface area contributed by atoms with Crippen LogP contribution in [0.3, 0.4) is 0 Å². The Balaban J connectivity index is 1.87. The molecule has 94 valence electrons. The highest BCUT2D eigenvalue weighted by Gasteiger charge is 2.26. The first-order valence-electron chi connectivity index (χ1n) is 7.04. The number of aryl methyl sites for hydroxylation is 1. The molecular formula is C16H25N. The molecule has 1 atom stereocenters. The van der Waals surface area contributed by atoms with Gasteiger partial charge in [0, 0.05) is 12.1 Å². The van der Waals surface area contributed by atoms with Crippen LogP contribution in [0.15, 0.2) is 24.3 Å². The van der Waals surface area contributed by atoms with Crippen molar-refractivity contribution in [2.24, 2.45) is 5.92 Å². The van der Waals surface area contributed by atoms with E-state index in [2.05, 4.69) is 50.4 Å². The minimum atomic E-state index is 0.489. The molecule has 1 aromatic rings. The normalized spacial score (nSPS) is 25.4. The molecule has 1 aliphatic carbocycles. The van der Waals surface area contributed by atoms with Gasteiger partial charge >= 0.3 is 0 Å². The predicted molar refractivity (Wildman–Crippen MR) is 74.2 cm³/mol. The van der Waals surface area contributed by atoms with E-state index in [1.54, 1.807) is 0 Å². The smallest absolute Gasteiger partial charge is 0.0294 e. The molecule has 0 aliphatic heterocycles. The lowest BCUT2D eigenvalue weighted by atomic mass is 9.81. The Labute approximate surface area is 106 Å². The summed E-state index contributed by atoms with van der Waals surface area (Å²) in [7, 11) is 0. The molecule has 1 nitrogen and oxygen atoms in total. The van der Waals surface area contributed by atoms with E-state index in [1.807, 2.05) is 0 Å². The second-order valence-corrected chi connectivity index (χ2v) is 5.65. The maximum absolute atomic E-state index is 3.71. The minimum absolute atomic E-state index is 0.489. The van der Waals surface area contributed by atoms with Gasteiger partial charge in [-0.25, -0.2) is 0 Å². The number of rotatable bonds is 5. The lowest BCUT2D eigenvalue weighted by molar-refractivity contribution is 0.226. The molecule has 1 heteroatoms. The molecule has 1 aromatic carbocycles. The quantitative estimate of drug-likeness (QED) is 0.805. The maximum Gasteiger partial charge on any atom is 0.0294 e. The topological polar surface area (TPSA) is 12.0 Å². The highest BCUT2D eigenvalue weighted by atomic mass is 15.0. The minimum Gasteiger partial charge on any atom is -0.307 e. The summed E-state index contributed by atoms with van der Waals surface area (Å²) in [5.41, 5.74) is 2.88. The predicted octanol–water partition coefficient (Wildman–Crippen LogP) is 4.09. The molecule has 2 rings (SSSR count). The molecular weight excluding hydrogens is 206 g/mol. The fraction of sp³-hybridized carbons (Fsp3) is 0.625. The van der Waals surface area contributed by atoms with Gasteiger partial charge in [-0.1, -0.05) is 44.5 Å². The van der Waals surface area contributed by atoms with Crippen molar-refractivity contribution in [3.05, 3.63) is 35.4 Å². The molecule has 1 fully saturated rings. The molecule has 0 spiro atoms. The number of nitrogens with one attached hydrogen (secondary N) is 1. The van der Waals surface area contributed by atoms with Crippen LogP contribution < -0.4 is 5.32 Å². The van der Waals surface area contributed by atoms with Crippen LogP contribution in [0, 0.1) is 5.92 Å². The average Bonchev–Trinajstić information content (AvgIpc) is 2.28. The zero-order valence-corrected chi connectivity index (χ0v) is 11.4. The van der Waals surface area contributed by atoms with Gasteiger partial charge in [-0.15, -0.1) is 0 Å². The molecule has 1 saturated carbocycles. The van der Waals surface area contributed by atoms with Crippen molar-refractivity contribution in [3.8, 4) is 0 Å². The van der Waals surface area contributed by atoms with E-state index < -0.39 is 0 Å². The first-order chi connectivity index (χ1) is 8.19. The molecule has 0 saturated heterocycles. The average molecular weight is 231 g/mol. The second kappa shape index (κ2) is 5.68. The molecule has 0 aromatic heterocycles. The maximum atomic E-state index is 3.71. The van der Waals surface area contributed by atoms with E-state index in [0.29, 0.717) is 6.04 Å². The van der Waals surface area contributed by atoms with Crippen LogP contribution in [0.2, 0.25) is 0 Å². The van der Waals surface area contributed by atoms with E-state index in [1.165, 1.54) is 36.8 Å². The summed E-state index contributed by atoms with van der Waals surface area (Å²) in [5.74, 6) is 0.923. The Morgan fingerprint density at radius 2 is 1.88 bits per heavy atom. The summed E-state index contributed by atoms with van der Waals surface area (Å²) in [4.78, 5) is 0. The Bertz CT molecular complexity index is 335. The van der Waals surface area contributed by atoms with Gasteiger partial charge in [0.05, 0.1) is 0 Å². The first-order valence-corrected chi connectivity index (χ1v) is 7.04. The van der Waals surface area contributed by atoms with Crippen LogP contribution in [0.5, 0.6) is 0 Å². The van der Waals surface area contributed by atoms with Gasteiger partial charge in [-0.05, 0) is 43.2 Å². The highest BCUT2D eigenvalue weighted by molar-refractivity contribution is 5.25. The van der Waals surface area contributed by atoms with Gasteiger partial charge in [0.1, 0.15) is 0 Å². The van der Waals surface area contributed by atoms with E-state index in [0.717, 1.165) is 12.0 Å². The lowest BCUT2D eigenvalue weighted by Crippen LogP contribution is -2.41. The molecule has 0 heterocycles. The van der Waals surface area contributed by atoms with Crippen molar-refractivity contribution in [2.45, 2.75) is 58.5 Å². The number of hydrogen-bond acceptors (Lipinski definition) is 1. The van der Waals surface area contributed by atoms with Crippen molar-refractivity contribution < 1.29 is 0 Å². The highest BCUT2D eigenvalue weighted by Crippen LogP contribution is 2.28. The van der Waals surface area contributed by atoms with E-state index in [-0.39, 0.29) is 0 Å². The van der Waals surface area contributed by atoms with Crippen molar-refractivity contribution >= 4 is 0 Å². The van der Waals surface area contributed by atoms with Gasteiger partial charge in [0.25, 0.3) is 0 Å². The molecule has 0 bridgehead atoms. The third kappa shape index (κ3) is 3.32. The molecule has 0 amide bonds. The Morgan fingerprint density at radius 3 is 2.41 bits per heavy atom. The second-order valence-electron chi connectivity index (χ2n) is 5.65. The molecule has 1 unspecified atom stereocenters. The Kier molecular flexibility index (Phi) is 4.22. The summed E-state index contributed by atoms with van der Waals surface area (Å²) >= 11 is 0. The Morgan fingerprint density at radius 1 is 1.24 bits per heavy atom. The van der Waals surface area contributed by atoms with Gasteiger partial charge in [-0.3, -0.25) is 0 Å². The lowest BCUT2D eigenvalue weighted by Gasteiger charge is -2.35. The molecule has 17 heavy (non-hydrogen) atoms. The number of hydrogen-bond donors (Lipinski definition) is 1. The summed E-state index contributed by atoms with van der Waals surface area (Å²) in [6.45, 7) is 6.84. The van der Waals surface area contributed by atoms with Crippen LogP contribution in [-0.4, -0.2) is 6.04 Å². The van der Waals surface area contributed by atoms with Crippen LogP contribution >= 0.6 is 0 Å². The monoisotopic (exact) mass is 231 g/mol. The van der Waals surface area contributed by atoms with Crippen LogP contribution in [-0.2, 0) is 6.42 Å². The largest absolute Gasteiger partial charge is 0.307 e. The zero-order chi connectivity index (χ0) is 12.3. The third-order valence-corrected chi connectivity index (χ3v) is 3.88. The molecule has 1 N–H and O–H groups in total. The third-order valence-electron chi connectivity index (χ3n) is 3.88. The van der Waals surface area contributed by atoms with Crippen molar-refractivity contribution in [2.75, 3.05) is 0 Å². The van der Waals surface area contributed by atoms with Crippen molar-refractivity contribution in [3.63, 3.8) is 0 Å². The van der Waals surface area contributed by atoms with Crippen LogP contribution in [0.25, 0.3) is 0 Å². The summed E-state index contributed by atoms with van der Waals surface area (Å²) in [6.07, 6.45) is 5.12. The number of benzene rings is 1. The molecule has 1 aliphatic rings. The summed E-state index contributed by atoms with van der Waals surface area (Å²) in [5, 5.41) is 3.71. The zero-order valence-electron chi connectivity index (χ0n) is 11.4. The van der Waals surface area contributed by atoms with Gasteiger partial charge in [-0.2, -0.15) is 0 Å². The van der Waals surface area contributed by atoms with Crippen molar-refractivity contribution in [1.29, 1.82) is 0 Å². The van der Waals surface area contributed by atoms with Gasteiger partial charge < -0.3 is 5.32 Å². The fourth-order valence-electron chi connectivity index (χ4n) is 2.75. The van der Waals surface area contributed by atoms with E-state index in [9.17, 15) is 0 Å². The standard InChI is InChI=1S/C16H25N/c1-4-5-14-6-8-15(9-7-14)13(3)17-16-10-12(2)11-16/h6-9,12-13,16-17H,4-5,10-11H2,1-3H3. The van der Waals surface area contributed by atoms with Crippen LogP contribution in [0.4, 0.5) is 0 Å². The summed E-state index contributed by atoms with van der Waals surface area (Å²) < 4.78 is 0. The Hall–Kier alpha value is -0.820.